The van der Waals surface area contributed by atoms with E-state index in [1.54, 1.807) is 25.3 Å². The van der Waals surface area contributed by atoms with E-state index in [0.717, 1.165) is 11.1 Å². The fraction of sp³-hybridized carbons (Fsp3) is 0.167. The Morgan fingerprint density at radius 1 is 0.935 bits per heavy atom. The highest BCUT2D eigenvalue weighted by Gasteiger charge is 2.14. The molecule has 0 unspecified atom stereocenters. The number of amides is 1. The van der Waals surface area contributed by atoms with Gasteiger partial charge in [-0.05, 0) is 41.5 Å². The van der Waals surface area contributed by atoms with Gasteiger partial charge in [-0.3, -0.25) is 9.59 Å². The van der Waals surface area contributed by atoms with Gasteiger partial charge in [-0.1, -0.05) is 48.0 Å². The van der Waals surface area contributed by atoms with Crippen LogP contribution in [-0.2, 0) is 17.9 Å². The van der Waals surface area contributed by atoms with Crippen molar-refractivity contribution in [2.24, 2.45) is 0 Å². The van der Waals surface area contributed by atoms with E-state index in [9.17, 15) is 9.59 Å². The minimum atomic E-state index is -0.369. The van der Waals surface area contributed by atoms with Crippen LogP contribution in [0, 0.1) is 0 Å². The summed E-state index contributed by atoms with van der Waals surface area (Å²) in [5, 5.41) is 3.22. The second kappa shape index (κ2) is 11.0. The first-order valence-electron chi connectivity index (χ1n) is 9.58. The quantitative estimate of drug-likeness (QED) is 0.473. The standard InChI is InChI=1S/C24H22ClNO5/c1-29-23-13-18(7-9-22(23)31-16-17-5-3-2-4-6-17)15-26-24(28)20-14-19(25)8-10-21(20)30-12-11-27/h2-11,13-14H,12,15-16H2,1H3,(H,26,28). The molecule has 0 atom stereocenters. The van der Waals surface area contributed by atoms with E-state index in [0.29, 0.717) is 29.4 Å². The van der Waals surface area contributed by atoms with Gasteiger partial charge in [-0.15, -0.1) is 0 Å². The Balaban J connectivity index is 1.66. The van der Waals surface area contributed by atoms with Crippen LogP contribution in [0.4, 0.5) is 0 Å². The third-order valence-electron chi connectivity index (χ3n) is 4.41. The van der Waals surface area contributed by atoms with Gasteiger partial charge >= 0.3 is 0 Å². The first-order chi connectivity index (χ1) is 15.1. The van der Waals surface area contributed by atoms with Gasteiger partial charge in [0.2, 0.25) is 0 Å². The zero-order valence-corrected chi connectivity index (χ0v) is 17.7. The predicted octanol–water partition coefficient (Wildman–Crippen LogP) is 4.44. The van der Waals surface area contributed by atoms with Crippen molar-refractivity contribution in [2.75, 3.05) is 13.7 Å². The number of aldehydes is 1. The zero-order valence-electron chi connectivity index (χ0n) is 17.0. The van der Waals surface area contributed by atoms with Crippen molar-refractivity contribution in [3.05, 3.63) is 88.4 Å². The lowest BCUT2D eigenvalue weighted by Gasteiger charge is -2.14. The molecule has 3 rings (SSSR count). The highest BCUT2D eigenvalue weighted by Crippen LogP contribution is 2.29. The SMILES string of the molecule is COc1cc(CNC(=O)c2cc(Cl)ccc2OCC=O)ccc1OCc1ccccc1. The smallest absolute Gasteiger partial charge is 0.255 e. The molecule has 7 heteroatoms. The molecule has 31 heavy (non-hydrogen) atoms. The van der Waals surface area contributed by atoms with Crippen LogP contribution in [0.2, 0.25) is 5.02 Å². The maximum Gasteiger partial charge on any atom is 0.255 e. The zero-order chi connectivity index (χ0) is 22.1. The average Bonchev–Trinajstić information content (AvgIpc) is 2.81. The molecule has 0 radical (unpaired) electrons. The number of benzene rings is 3. The van der Waals surface area contributed by atoms with Gasteiger partial charge in [0.15, 0.2) is 17.8 Å². The molecule has 0 spiro atoms. The second-order valence-electron chi connectivity index (χ2n) is 6.56. The number of hydrogen-bond acceptors (Lipinski definition) is 5. The van der Waals surface area contributed by atoms with Crippen molar-refractivity contribution >= 4 is 23.8 Å². The van der Waals surface area contributed by atoms with Gasteiger partial charge < -0.3 is 19.5 Å². The predicted molar refractivity (Wildman–Crippen MR) is 118 cm³/mol. The lowest BCUT2D eigenvalue weighted by molar-refractivity contribution is -0.109. The van der Waals surface area contributed by atoms with E-state index in [1.807, 2.05) is 42.5 Å². The summed E-state index contributed by atoms with van der Waals surface area (Å²) in [4.78, 5) is 23.2. The second-order valence-corrected chi connectivity index (χ2v) is 7.00. The maximum atomic E-state index is 12.6. The Kier molecular flexibility index (Phi) is 7.90. The van der Waals surface area contributed by atoms with Gasteiger partial charge in [-0.2, -0.15) is 0 Å². The summed E-state index contributed by atoms with van der Waals surface area (Å²) in [7, 11) is 1.57. The normalized spacial score (nSPS) is 10.3. The van der Waals surface area contributed by atoms with E-state index in [1.165, 1.54) is 6.07 Å². The molecule has 0 saturated heterocycles. The Bertz CT molecular complexity index is 1040. The molecule has 0 aliphatic carbocycles. The summed E-state index contributed by atoms with van der Waals surface area (Å²) in [5.41, 5.74) is 2.13. The molecule has 0 heterocycles. The summed E-state index contributed by atoms with van der Waals surface area (Å²) in [6, 6.07) is 20.0. The Morgan fingerprint density at radius 2 is 1.71 bits per heavy atom. The molecule has 3 aromatic carbocycles. The van der Waals surface area contributed by atoms with E-state index in [4.69, 9.17) is 25.8 Å². The molecule has 0 aliphatic heterocycles. The number of rotatable bonds is 10. The van der Waals surface area contributed by atoms with E-state index in [2.05, 4.69) is 5.32 Å². The van der Waals surface area contributed by atoms with Crippen molar-refractivity contribution in [2.45, 2.75) is 13.2 Å². The molecule has 0 bridgehead atoms. The van der Waals surface area contributed by atoms with Gasteiger partial charge in [0, 0.05) is 11.6 Å². The van der Waals surface area contributed by atoms with Crippen LogP contribution in [0.25, 0.3) is 0 Å². The minimum absolute atomic E-state index is 0.149. The Hall–Kier alpha value is -3.51. The first-order valence-corrected chi connectivity index (χ1v) is 9.96. The van der Waals surface area contributed by atoms with Crippen LogP contribution in [-0.4, -0.2) is 25.9 Å². The molecule has 1 N–H and O–H groups in total. The summed E-state index contributed by atoms with van der Waals surface area (Å²) in [6.07, 6.45) is 0.615. The van der Waals surface area contributed by atoms with Gasteiger partial charge in [0.1, 0.15) is 19.0 Å². The van der Waals surface area contributed by atoms with Crippen molar-refractivity contribution in [1.29, 1.82) is 0 Å². The number of methoxy groups -OCH3 is 1. The molecule has 0 aromatic heterocycles. The first kappa shape index (κ1) is 22.2. The van der Waals surface area contributed by atoms with Crippen LogP contribution in [0.3, 0.4) is 0 Å². The monoisotopic (exact) mass is 439 g/mol. The van der Waals surface area contributed by atoms with Crippen LogP contribution < -0.4 is 19.5 Å². The third-order valence-corrected chi connectivity index (χ3v) is 4.65. The molecule has 0 fully saturated rings. The van der Waals surface area contributed by atoms with Gasteiger partial charge in [-0.25, -0.2) is 0 Å². The molecule has 160 valence electrons. The highest BCUT2D eigenvalue weighted by atomic mass is 35.5. The number of carbonyl (C=O) groups excluding carboxylic acids is 2. The minimum Gasteiger partial charge on any atom is -0.493 e. The van der Waals surface area contributed by atoms with Crippen molar-refractivity contribution in [1.82, 2.24) is 5.32 Å². The topological polar surface area (TPSA) is 73.9 Å². The summed E-state index contributed by atoms with van der Waals surface area (Å²) >= 11 is 6.01. The molecular weight excluding hydrogens is 418 g/mol. The Labute approximate surface area is 185 Å². The van der Waals surface area contributed by atoms with Gasteiger partial charge in [0.05, 0.1) is 12.7 Å². The summed E-state index contributed by atoms with van der Waals surface area (Å²) < 4.78 is 16.6. The highest BCUT2D eigenvalue weighted by molar-refractivity contribution is 6.31. The maximum absolute atomic E-state index is 12.6. The molecule has 0 aliphatic rings. The number of ether oxygens (including phenoxy) is 3. The molecule has 0 saturated carbocycles. The van der Waals surface area contributed by atoms with Crippen molar-refractivity contribution in [3.63, 3.8) is 0 Å². The van der Waals surface area contributed by atoms with E-state index >= 15 is 0 Å². The fourth-order valence-corrected chi connectivity index (χ4v) is 3.06. The van der Waals surface area contributed by atoms with E-state index in [-0.39, 0.29) is 30.4 Å². The Morgan fingerprint density at radius 3 is 2.45 bits per heavy atom. The van der Waals surface area contributed by atoms with Crippen LogP contribution in [0.1, 0.15) is 21.5 Å². The van der Waals surface area contributed by atoms with E-state index < -0.39 is 0 Å². The van der Waals surface area contributed by atoms with Crippen molar-refractivity contribution < 1.29 is 23.8 Å². The summed E-state index contributed by atoms with van der Waals surface area (Å²) in [5.74, 6) is 1.10. The third kappa shape index (κ3) is 6.23. The molecular formula is C24H22ClNO5. The van der Waals surface area contributed by atoms with Gasteiger partial charge in [0.25, 0.3) is 5.91 Å². The number of carbonyl (C=O) groups is 2. The van der Waals surface area contributed by atoms with Crippen LogP contribution >= 0.6 is 11.6 Å². The van der Waals surface area contributed by atoms with Crippen LogP contribution in [0.5, 0.6) is 17.2 Å². The largest absolute Gasteiger partial charge is 0.493 e. The average molecular weight is 440 g/mol. The lowest BCUT2D eigenvalue weighted by atomic mass is 10.1. The van der Waals surface area contributed by atoms with Crippen molar-refractivity contribution in [3.8, 4) is 17.2 Å². The molecule has 1 amide bonds. The number of hydrogen-bond donors (Lipinski definition) is 1. The number of nitrogens with one attached hydrogen (secondary N) is 1. The van der Waals surface area contributed by atoms with Crippen LogP contribution in [0.15, 0.2) is 66.7 Å². The summed E-state index contributed by atoms with van der Waals surface area (Å²) in [6.45, 7) is 0.531. The molecule has 3 aromatic rings. The fourth-order valence-electron chi connectivity index (χ4n) is 2.88. The lowest BCUT2D eigenvalue weighted by Crippen LogP contribution is -2.23. The number of halogens is 1. The molecule has 6 nitrogen and oxygen atoms in total.